The van der Waals surface area contributed by atoms with Gasteiger partial charge >= 0.3 is 5.97 Å². The smallest absolute Gasteiger partial charge is 0.329 e. The van der Waals surface area contributed by atoms with Crippen LogP contribution >= 0.6 is 7.37 Å². The molecule has 0 aliphatic rings. The van der Waals surface area contributed by atoms with Crippen LogP contribution in [0.15, 0.2) is 0 Å². The van der Waals surface area contributed by atoms with Crippen LogP contribution in [0, 0.1) is 5.92 Å². The molecule has 4 N–H and O–H groups in total. The highest BCUT2D eigenvalue weighted by Gasteiger charge is 2.32. The minimum absolute atomic E-state index is 0.147. The summed E-state index contributed by atoms with van der Waals surface area (Å²) in [6.07, 6.45) is 0. The van der Waals surface area contributed by atoms with Gasteiger partial charge in [0.25, 0.3) is 5.91 Å². The molecule has 0 saturated heterocycles. The highest BCUT2D eigenvalue weighted by molar-refractivity contribution is 7.58. The van der Waals surface area contributed by atoms with Crippen molar-refractivity contribution in [2.75, 3.05) is 26.9 Å². The molecule has 0 aliphatic carbocycles. The number of carboxylic acids is 1. The largest absolute Gasteiger partial charge is 0.480 e. The van der Waals surface area contributed by atoms with Gasteiger partial charge in [-0.3, -0.25) is 14.6 Å². The summed E-state index contributed by atoms with van der Waals surface area (Å²) in [5.74, 6) is -3.97. The fourth-order valence-corrected chi connectivity index (χ4v) is 2.21. The summed E-state index contributed by atoms with van der Waals surface area (Å²) in [5.41, 5.74) is 0. The average molecular weight is 326 g/mol. The normalized spacial score (nSPS) is 17.1. The van der Waals surface area contributed by atoms with Crippen LogP contribution in [0.4, 0.5) is 0 Å². The maximum absolute atomic E-state index is 11.7. The van der Waals surface area contributed by atoms with Crippen LogP contribution in [-0.4, -0.2) is 71.1 Å². The van der Waals surface area contributed by atoms with Crippen molar-refractivity contribution in [3.63, 3.8) is 0 Å². The van der Waals surface area contributed by atoms with Crippen molar-refractivity contribution in [2.24, 2.45) is 5.92 Å². The maximum atomic E-state index is 11.7. The molecule has 9 nitrogen and oxygen atoms in total. The van der Waals surface area contributed by atoms with E-state index in [1.807, 2.05) is 0 Å². The number of aliphatic hydroxyl groups excluding tert-OH is 1. The molecule has 0 aromatic heterocycles. The Morgan fingerprint density at radius 3 is 2.29 bits per heavy atom. The van der Waals surface area contributed by atoms with Crippen LogP contribution in [-0.2, 0) is 18.7 Å². The van der Waals surface area contributed by atoms with Crippen molar-refractivity contribution in [2.45, 2.75) is 25.7 Å². The minimum Gasteiger partial charge on any atom is -0.480 e. The lowest BCUT2D eigenvalue weighted by atomic mass is 10.0. The Balaban J connectivity index is 4.44. The zero-order chi connectivity index (χ0) is 16.8. The molecular weight excluding hydrogens is 303 g/mol. The monoisotopic (exact) mass is 326 g/mol. The molecular formula is C11H23N2O7P. The number of carboxylic acid groups (broad SMARTS) is 1. The molecule has 0 radical (unpaired) electrons. The van der Waals surface area contributed by atoms with E-state index >= 15 is 0 Å². The summed E-state index contributed by atoms with van der Waals surface area (Å²) in [6, 6.07) is -1.36. The van der Waals surface area contributed by atoms with E-state index < -0.39 is 43.6 Å². The van der Waals surface area contributed by atoms with E-state index in [0.717, 1.165) is 0 Å². The second-order valence-corrected chi connectivity index (χ2v) is 7.75. The lowest BCUT2D eigenvalue weighted by Gasteiger charge is -2.25. The molecule has 0 spiro atoms. The number of aliphatic hydroxyl groups is 1. The molecule has 3 unspecified atom stereocenters. The van der Waals surface area contributed by atoms with E-state index in [9.17, 15) is 24.5 Å². The Bertz CT molecular complexity index is 415. The Morgan fingerprint density at radius 2 is 1.90 bits per heavy atom. The topological polar surface area (TPSA) is 136 Å². The first-order valence-electron chi connectivity index (χ1n) is 6.30. The highest BCUT2D eigenvalue weighted by atomic mass is 31.2. The van der Waals surface area contributed by atoms with E-state index in [1.165, 1.54) is 13.8 Å². The van der Waals surface area contributed by atoms with Gasteiger partial charge in [0.15, 0.2) is 6.04 Å². The molecule has 0 aliphatic heterocycles. The zero-order valence-corrected chi connectivity index (χ0v) is 13.4. The summed E-state index contributed by atoms with van der Waals surface area (Å²) >= 11 is 0. The number of rotatable bonds is 9. The average Bonchev–Trinajstić information content (AvgIpc) is 2.37. The van der Waals surface area contributed by atoms with Gasteiger partial charge in [-0.25, -0.2) is 9.86 Å². The van der Waals surface area contributed by atoms with Gasteiger partial charge in [0.05, 0.1) is 6.54 Å². The standard InChI is InChI=1S/C11H23N2O7P/c1-7(2)10(11(16)17)13(18)8(14)5-12-6-9(15)21(4,19)20-3/h7,9-10,12,15,18H,5-6H2,1-4H3,(H,16,17). The molecule has 21 heavy (non-hydrogen) atoms. The molecule has 0 aromatic rings. The summed E-state index contributed by atoms with van der Waals surface area (Å²) in [5, 5.41) is 30.8. The van der Waals surface area contributed by atoms with Crippen LogP contribution in [0.2, 0.25) is 0 Å². The SMILES string of the molecule is COP(C)(=O)C(O)CNCC(=O)N(O)C(C(=O)O)C(C)C. The first-order chi connectivity index (χ1) is 9.54. The maximum Gasteiger partial charge on any atom is 0.329 e. The molecule has 0 fully saturated rings. The summed E-state index contributed by atoms with van der Waals surface area (Å²) in [7, 11) is -1.99. The van der Waals surface area contributed by atoms with Crippen molar-refractivity contribution in [1.29, 1.82) is 0 Å². The molecule has 0 heterocycles. The predicted molar refractivity (Wildman–Crippen MR) is 74.3 cm³/mol. The Labute approximate surface area is 123 Å². The number of amides is 1. The number of nitrogens with zero attached hydrogens (tertiary/aromatic N) is 1. The highest BCUT2D eigenvalue weighted by Crippen LogP contribution is 2.45. The van der Waals surface area contributed by atoms with Crippen molar-refractivity contribution in [3.8, 4) is 0 Å². The molecule has 0 bridgehead atoms. The van der Waals surface area contributed by atoms with E-state index in [4.69, 9.17) is 5.11 Å². The van der Waals surface area contributed by atoms with Crippen LogP contribution in [0.5, 0.6) is 0 Å². The molecule has 0 aromatic carbocycles. The lowest BCUT2D eigenvalue weighted by Crippen LogP contribution is -2.49. The Morgan fingerprint density at radius 1 is 1.38 bits per heavy atom. The summed E-state index contributed by atoms with van der Waals surface area (Å²) in [4.78, 5) is 22.6. The van der Waals surface area contributed by atoms with Gasteiger partial charge in [-0.1, -0.05) is 13.8 Å². The third kappa shape index (κ3) is 6.11. The van der Waals surface area contributed by atoms with E-state index in [2.05, 4.69) is 9.84 Å². The number of carbonyl (C=O) groups excluding carboxylic acids is 1. The van der Waals surface area contributed by atoms with Gasteiger partial charge < -0.3 is 20.1 Å². The number of hydrogen-bond donors (Lipinski definition) is 4. The van der Waals surface area contributed by atoms with Crippen LogP contribution in [0.3, 0.4) is 0 Å². The zero-order valence-electron chi connectivity index (χ0n) is 12.5. The van der Waals surface area contributed by atoms with Crippen molar-refractivity contribution in [3.05, 3.63) is 0 Å². The van der Waals surface area contributed by atoms with Crippen LogP contribution < -0.4 is 5.32 Å². The second-order valence-electron chi connectivity index (χ2n) is 4.97. The first kappa shape index (κ1) is 20.0. The Hall–Kier alpha value is -0.990. The third-order valence-electron chi connectivity index (χ3n) is 2.91. The molecule has 0 rings (SSSR count). The van der Waals surface area contributed by atoms with E-state index in [1.54, 1.807) is 13.8 Å². The molecule has 124 valence electrons. The van der Waals surface area contributed by atoms with Crippen LogP contribution in [0.1, 0.15) is 13.8 Å². The fraction of sp³-hybridized carbons (Fsp3) is 0.818. The number of hydrogen-bond acceptors (Lipinski definition) is 7. The Kier molecular flexibility index (Phi) is 8.05. The van der Waals surface area contributed by atoms with Gasteiger partial charge in [0.1, 0.15) is 5.85 Å². The van der Waals surface area contributed by atoms with Gasteiger partial charge in [-0.15, -0.1) is 0 Å². The first-order valence-corrected chi connectivity index (χ1v) is 8.44. The lowest BCUT2D eigenvalue weighted by molar-refractivity contribution is -0.189. The number of hydroxylamine groups is 2. The van der Waals surface area contributed by atoms with Gasteiger partial charge in [0.2, 0.25) is 7.37 Å². The molecule has 1 amide bonds. The summed E-state index contributed by atoms with van der Waals surface area (Å²) in [6.45, 7) is 3.75. The molecule has 10 heteroatoms. The summed E-state index contributed by atoms with van der Waals surface area (Å²) < 4.78 is 16.3. The number of carbonyl (C=O) groups is 2. The predicted octanol–water partition coefficient (Wildman–Crippen LogP) is -0.224. The second kappa shape index (κ2) is 8.45. The van der Waals surface area contributed by atoms with Gasteiger partial charge in [0, 0.05) is 20.3 Å². The van der Waals surface area contributed by atoms with E-state index in [-0.39, 0.29) is 11.6 Å². The number of nitrogens with one attached hydrogen (secondary N) is 1. The van der Waals surface area contributed by atoms with Gasteiger partial charge in [-0.05, 0) is 5.92 Å². The van der Waals surface area contributed by atoms with Crippen molar-refractivity contribution >= 4 is 19.2 Å². The van der Waals surface area contributed by atoms with Gasteiger partial charge in [-0.2, -0.15) is 0 Å². The van der Waals surface area contributed by atoms with Crippen molar-refractivity contribution in [1.82, 2.24) is 10.4 Å². The molecule has 3 atom stereocenters. The van der Waals surface area contributed by atoms with Crippen molar-refractivity contribution < 1.29 is 34.1 Å². The minimum atomic E-state index is -3.19. The molecule has 0 saturated carbocycles. The van der Waals surface area contributed by atoms with Crippen LogP contribution in [0.25, 0.3) is 0 Å². The number of aliphatic carboxylic acids is 1. The third-order valence-corrected chi connectivity index (χ3v) is 4.90. The fourth-order valence-electron chi connectivity index (χ4n) is 1.50. The van der Waals surface area contributed by atoms with E-state index in [0.29, 0.717) is 0 Å². The quantitative estimate of drug-likeness (QED) is 0.259.